The van der Waals surface area contributed by atoms with Gasteiger partial charge in [-0.1, -0.05) is 55.8 Å². The Morgan fingerprint density at radius 1 is 1.07 bits per heavy atom. The van der Waals surface area contributed by atoms with Gasteiger partial charge in [0.15, 0.2) is 0 Å². The molecule has 0 radical (unpaired) electrons. The molecule has 1 aliphatic heterocycles. The molecule has 6 atom stereocenters. The van der Waals surface area contributed by atoms with Gasteiger partial charge < -0.3 is 25.2 Å². The minimum absolute atomic E-state index is 0.436. The molecule has 3 rings (SSSR count). The van der Waals surface area contributed by atoms with E-state index < -0.39 is 42.5 Å². The maximum Gasteiger partial charge on any atom is 0.111 e. The van der Waals surface area contributed by atoms with Crippen molar-refractivity contribution < 1.29 is 25.2 Å². The van der Waals surface area contributed by atoms with E-state index >= 15 is 0 Å². The van der Waals surface area contributed by atoms with Gasteiger partial charge in [-0.05, 0) is 42.0 Å². The zero-order valence-electron chi connectivity index (χ0n) is 16.3. The predicted molar refractivity (Wildman–Crippen MR) is 108 cm³/mol. The molecule has 1 aliphatic carbocycles. The molecule has 1 fully saturated rings. The number of aryl methyl sites for hydroxylation is 1. The highest BCUT2D eigenvalue weighted by Gasteiger charge is 2.50. The first kappa shape index (κ1) is 21.5. The lowest BCUT2D eigenvalue weighted by atomic mass is 9.70. The van der Waals surface area contributed by atoms with Crippen LogP contribution in [0.3, 0.4) is 0 Å². The van der Waals surface area contributed by atoms with Crippen molar-refractivity contribution in [3.8, 4) is 0 Å². The Kier molecular flexibility index (Phi) is 6.65. The molecule has 5 nitrogen and oxygen atoms in total. The van der Waals surface area contributed by atoms with E-state index in [-0.39, 0.29) is 0 Å². The molecule has 0 saturated carbocycles. The Morgan fingerprint density at radius 3 is 2.32 bits per heavy atom. The number of hydrogen-bond donors (Lipinski definition) is 4. The van der Waals surface area contributed by atoms with Gasteiger partial charge in [0.2, 0.25) is 0 Å². The topological polar surface area (TPSA) is 90.2 Å². The molecule has 1 aromatic carbocycles. The minimum Gasteiger partial charge on any atom is -0.394 e. The van der Waals surface area contributed by atoms with Crippen LogP contribution in [-0.4, -0.2) is 57.6 Å². The molecular formula is C22H29ClO5. The summed E-state index contributed by atoms with van der Waals surface area (Å²) in [6, 6.07) is 8.41. The summed E-state index contributed by atoms with van der Waals surface area (Å²) in [4.78, 5) is 0. The Morgan fingerprint density at radius 2 is 1.71 bits per heavy atom. The number of rotatable bonds is 5. The summed E-state index contributed by atoms with van der Waals surface area (Å²) >= 11 is 6.46. The van der Waals surface area contributed by atoms with Crippen LogP contribution < -0.4 is 0 Å². The largest absolute Gasteiger partial charge is 0.394 e. The maximum atomic E-state index is 10.5. The maximum absolute atomic E-state index is 10.5. The van der Waals surface area contributed by atoms with E-state index in [1.54, 1.807) is 0 Å². The Bertz CT molecular complexity index is 742. The fourth-order valence-electron chi connectivity index (χ4n) is 4.11. The first-order valence-corrected chi connectivity index (χ1v) is 10.1. The first-order valence-electron chi connectivity index (χ1n) is 9.74. The number of allylic oxidation sites excluding steroid dienone is 3. The highest BCUT2D eigenvalue weighted by molar-refractivity contribution is 6.31. The molecule has 2 unspecified atom stereocenters. The van der Waals surface area contributed by atoms with Gasteiger partial charge in [-0.15, -0.1) is 0 Å². The molecule has 2 aliphatic rings. The van der Waals surface area contributed by atoms with Gasteiger partial charge in [-0.3, -0.25) is 0 Å². The summed E-state index contributed by atoms with van der Waals surface area (Å²) in [5.41, 5.74) is 2.81. The zero-order valence-corrected chi connectivity index (χ0v) is 17.0. The molecule has 4 N–H and O–H groups in total. The molecule has 1 aromatic rings. The average Bonchev–Trinajstić information content (AvgIpc) is 2.70. The van der Waals surface area contributed by atoms with Crippen LogP contribution in [0.25, 0.3) is 0 Å². The van der Waals surface area contributed by atoms with Crippen LogP contribution in [0.5, 0.6) is 0 Å². The number of hydrogen-bond acceptors (Lipinski definition) is 5. The molecule has 1 heterocycles. The summed E-state index contributed by atoms with van der Waals surface area (Å²) in [6.45, 7) is 3.61. The second-order valence-electron chi connectivity index (χ2n) is 8.06. The highest BCUT2D eigenvalue weighted by atomic mass is 35.5. The van der Waals surface area contributed by atoms with E-state index in [2.05, 4.69) is 31.2 Å². The summed E-state index contributed by atoms with van der Waals surface area (Å²) in [5, 5.41) is 40.9. The lowest BCUT2D eigenvalue weighted by molar-refractivity contribution is -0.249. The van der Waals surface area contributed by atoms with E-state index in [9.17, 15) is 20.4 Å². The second-order valence-corrected chi connectivity index (χ2v) is 8.47. The molecule has 0 aromatic heterocycles. The van der Waals surface area contributed by atoms with Crippen LogP contribution in [0.1, 0.15) is 31.4 Å². The van der Waals surface area contributed by atoms with Gasteiger partial charge >= 0.3 is 0 Å². The van der Waals surface area contributed by atoms with Crippen molar-refractivity contribution in [2.45, 2.75) is 63.6 Å². The lowest BCUT2D eigenvalue weighted by Crippen LogP contribution is -2.62. The van der Waals surface area contributed by atoms with Crippen LogP contribution in [0.15, 0.2) is 47.0 Å². The van der Waals surface area contributed by atoms with Crippen LogP contribution in [0.2, 0.25) is 0 Å². The fourth-order valence-corrected chi connectivity index (χ4v) is 4.31. The van der Waals surface area contributed by atoms with Gasteiger partial charge in [-0.25, -0.2) is 0 Å². The minimum atomic E-state index is -1.38. The fraction of sp³-hybridized carbons (Fsp3) is 0.545. The standard InChI is InChI=1S/C22H29ClO5/c1-3-13-4-6-14(7-5-13)10-15-11-22(2,9-8-16(15)23)21-20(27)19(26)18(25)17(12-24)28-21/h4-9,17-21,24-27H,3,10-12H2,1-2H3/t17?,18-,19+,20-,21-,22?/m1/s1. The van der Waals surface area contributed by atoms with Crippen LogP contribution >= 0.6 is 11.6 Å². The Hall–Kier alpha value is -1.21. The lowest BCUT2D eigenvalue weighted by Gasteiger charge is -2.48. The monoisotopic (exact) mass is 408 g/mol. The van der Waals surface area contributed by atoms with Crippen LogP contribution in [-0.2, 0) is 17.6 Å². The zero-order chi connectivity index (χ0) is 20.5. The number of benzene rings is 1. The van der Waals surface area contributed by atoms with Crippen molar-refractivity contribution >= 4 is 11.6 Å². The Labute approximate surface area is 170 Å². The SMILES string of the molecule is CCc1ccc(CC2=C(Cl)C=CC(C)([C@@H]3OC(CO)[C@@H](O)[C@H](O)[C@H]3O)C2)cc1. The normalized spacial score (nSPS) is 36.0. The molecule has 0 bridgehead atoms. The van der Waals surface area contributed by atoms with E-state index in [0.29, 0.717) is 17.9 Å². The van der Waals surface area contributed by atoms with Gasteiger partial charge in [0.25, 0.3) is 0 Å². The highest BCUT2D eigenvalue weighted by Crippen LogP contribution is 2.44. The third-order valence-corrected chi connectivity index (χ3v) is 6.33. The van der Waals surface area contributed by atoms with Crippen molar-refractivity contribution in [1.82, 2.24) is 0 Å². The van der Waals surface area contributed by atoms with Gasteiger partial charge in [0.1, 0.15) is 24.4 Å². The number of aliphatic hydroxyl groups excluding tert-OH is 4. The van der Waals surface area contributed by atoms with E-state index in [0.717, 1.165) is 17.6 Å². The van der Waals surface area contributed by atoms with Crippen molar-refractivity contribution in [2.24, 2.45) is 5.41 Å². The van der Waals surface area contributed by atoms with E-state index in [1.165, 1.54) is 5.56 Å². The first-order chi connectivity index (χ1) is 13.3. The second kappa shape index (κ2) is 8.66. The summed E-state index contributed by atoms with van der Waals surface area (Å²) < 4.78 is 5.81. The number of ether oxygens (including phenoxy) is 1. The van der Waals surface area contributed by atoms with Crippen LogP contribution in [0.4, 0.5) is 0 Å². The predicted octanol–water partition coefficient (Wildman–Crippen LogP) is 2.09. The molecule has 28 heavy (non-hydrogen) atoms. The molecule has 0 amide bonds. The van der Waals surface area contributed by atoms with Crippen molar-refractivity contribution in [3.05, 3.63) is 58.1 Å². The van der Waals surface area contributed by atoms with Gasteiger partial charge in [0.05, 0.1) is 12.7 Å². The molecule has 0 spiro atoms. The number of aliphatic hydroxyl groups is 4. The average molecular weight is 409 g/mol. The third kappa shape index (κ3) is 4.20. The van der Waals surface area contributed by atoms with Gasteiger partial charge in [0, 0.05) is 10.4 Å². The molecule has 154 valence electrons. The van der Waals surface area contributed by atoms with Crippen LogP contribution in [0, 0.1) is 5.41 Å². The molecule has 6 heteroatoms. The summed E-state index contributed by atoms with van der Waals surface area (Å²) in [7, 11) is 0. The number of halogens is 1. The molecule has 1 saturated heterocycles. The van der Waals surface area contributed by atoms with E-state index in [4.69, 9.17) is 16.3 Å². The Balaban J connectivity index is 1.80. The van der Waals surface area contributed by atoms with E-state index in [1.807, 2.05) is 19.1 Å². The van der Waals surface area contributed by atoms with Crippen molar-refractivity contribution in [2.75, 3.05) is 6.61 Å². The summed E-state index contributed by atoms with van der Waals surface area (Å²) in [5.74, 6) is 0. The third-order valence-electron chi connectivity index (χ3n) is 5.93. The summed E-state index contributed by atoms with van der Waals surface area (Å²) in [6.07, 6.45) is 0.197. The van der Waals surface area contributed by atoms with Crippen molar-refractivity contribution in [1.29, 1.82) is 0 Å². The quantitative estimate of drug-likeness (QED) is 0.599. The smallest absolute Gasteiger partial charge is 0.111 e. The van der Waals surface area contributed by atoms with Gasteiger partial charge in [-0.2, -0.15) is 0 Å². The van der Waals surface area contributed by atoms with Crippen molar-refractivity contribution in [3.63, 3.8) is 0 Å². The molecular weight excluding hydrogens is 380 g/mol.